The fourth-order valence-electron chi connectivity index (χ4n) is 2.02. The minimum Gasteiger partial charge on any atom is -0.432 e. The van der Waals surface area contributed by atoms with Crippen molar-refractivity contribution in [1.29, 1.82) is 0 Å². The van der Waals surface area contributed by atoms with E-state index in [4.69, 9.17) is 16.0 Å². The van der Waals surface area contributed by atoms with Gasteiger partial charge in [0.1, 0.15) is 6.26 Å². The Morgan fingerprint density at radius 2 is 2.10 bits per heavy atom. The molecule has 0 spiro atoms. The Labute approximate surface area is 123 Å². The molecule has 0 amide bonds. The van der Waals surface area contributed by atoms with Gasteiger partial charge in [-0.15, -0.1) is 0 Å². The molecule has 1 aromatic carbocycles. The Morgan fingerprint density at radius 3 is 2.80 bits per heavy atom. The normalized spacial score (nSPS) is 14.5. The van der Waals surface area contributed by atoms with E-state index in [0.717, 1.165) is 23.8 Å². The summed E-state index contributed by atoms with van der Waals surface area (Å²) >= 11 is 5.88. The predicted octanol–water partition coefficient (Wildman–Crippen LogP) is 3.22. The van der Waals surface area contributed by atoms with E-state index in [2.05, 4.69) is 10.3 Å². The quantitative estimate of drug-likeness (QED) is 0.887. The van der Waals surface area contributed by atoms with Gasteiger partial charge in [-0.05, 0) is 30.5 Å². The lowest BCUT2D eigenvalue weighted by atomic mass is 10.2. The van der Waals surface area contributed by atoms with Crippen LogP contribution < -0.4 is 10.2 Å². The maximum atomic E-state index is 5.88. The van der Waals surface area contributed by atoms with Crippen LogP contribution in [0.3, 0.4) is 0 Å². The number of rotatable bonds is 6. The minimum atomic E-state index is 0.646. The van der Waals surface area contributed by atoms with Crippen molar-refractivity contribution in [3.63, 3.8) is 0 Å². The number of hydrogen-bond acceptors (Lipinski definition) is 4. The van der Waals surface area contributed by atoms with Crippen LogP contribution in [0.4, 0.5) is 6.01 Å². The third kappa shape index (κ3) is 3.52. The molecule has 0 unspecified atom stereocenters. The summed E-state index contributed by atoms with van der Waals surface area (Å²) in [5, 5.41) is 4.18. The van der Waals surface area contributed by atoms with E-state index in [1.165, 1.54) is 18.4 Å². The summed E-state index contributed by atoms with van der Waals surface area (Å²) < 4.78 is 5.52. The molecule has 1 saturated carbocycles. The van der Waals surface area contributed by atoms with Crippen LogP contribution in [0, 0.1) is 0 Å². The number of benzene rings is 1. The average Bonchev–Trinajstić information content (AvgIpc) is 3.15. The fourth-order valence-corrected chi connectivity index (χ4v) is 2.15. The largest absolute Gasteiger partial charge is 0.432 e. The SMILES string of the molecule is CN(Cc1ccc(Cl)cc1)c1nc(CNC2CC2)co1. The van der Waals surface area contributed by atoms with Crippen LogP contribution >= 0.6 is 11.6 Å². The third-order valence-corrected chi connectivity index (χ3v) is 3.60. The second kappa shape index (κ2) is 5.85. The molecule has 4 nitrogen and oxygen atoms in total. The summed E-state index contributed by atoms with van der Waals surface area (Å²) in [7, 11) is 1.97. The number of anilines is 1. The molecule has 1 aliphatic rings. The van der Waals surface area contributed by atoms with Crippen molar-refractivity contribution >= 4 is 17.6 Å². The van der Waals surface area contributed by atoms with Gasteiger partial charge in [0.05, 0.1) is 5.69 Å². The topological polar surface area (TPSA) is 41.3 Å². The van der Waals surface area contributed by atoms with Crippen LogP contribution in [0.25, 0.3) is 0 Å². The smallest absolute Gasteiger partial charge is 0.297 e. The Bertz CT molecular complexity index is 563. The molecule has 106 valence electrons. The van der Waals surface area contributed by atoms with Gasteiger partial charge in [0, 0.05) is 31.2 Å². The number of hydrogen-bond donors (Lipinski definition) is 1. The van der Waals surface area contributed by atoms with Gasteiger partial charge in [0.15, 0.2) is 0 Å². The first-order valence-electron chi connectivity index (χ1n) is 6.84. The lowest BCUT2D eigenvalue weighted by molar-refractivity contribution is 0.542. The van der Waals surface area contributed by atoms with Crippen molar-refractivity contribution in [3.05, 3.63) is 46.8 Å². The molecule has 0 radical (unpaired) electrons. The van der Waals surface area contributed by atoms with Crippen LogP contribution in [0.2, 0.25) is 5.02 Å². The van der Waals surface area contributed by atoms with Gasteiger partial charge in [0.25, 0.3) is 6.01 Å². The maximum Gasteiger partial charge on any atom is 0.297 e. The molecule has 5 heteroatoms. The summed E-state index contributed by atoms with van der Waals surface area (Å²) in [5.41, 5.74) is 2.13. The van der Waals surface area contributed by atoms with Crippen LogP contribution in [0.5, 0.6) is 0 Å². The van der Waals surface area contributed by atoms with E-state index in [-0.39, 0.29) is 0 Å². The summed E-state index contributed by atoms with van der Waals surface area (Å²) in [5.74, 6) is 0. The fraction of sp³-hybridized carbons (Fsp3) is 0.400. The van der Waals surface area contributed by atoms with Gasteiger partial charge in [-0.1, -0.05) is 23.7 Å². The molecule has 1 fully saturated rings. The Balaban J connectivity index is 1.58. The molecule has 0 atom stereocenters. The minimum absolute atomic E-state index is 0.646. The number of nitrogens with zero attached hydrogens (tertiary/aromatic N) is 2. The monoisotopic (exact) mass is 291 g/mol. The van der Waals surface area contributed by atoms with Crippen molar-refractivity contribution in [2.45, 2.75) is 32.0 Å². The van der Waals surface area contributed by atoms with Crippen LogP contribution in [0.1, 0.15) is 24.1 Å². The average molecular weight is 292 g/mol. The molecule has 0 bridgehead atoms. The molecule has 20 heavy (non-hydrogen) atoms. The van der Waals surface area contributed by atoms with E-state index in [1.807, 2.05) is 36.2 Å². The Morgan fingerprint density at radius 1 is 1.35 bits per heavy atom. The molecule has 1 heterocycles. The van der Waals surface area contributed by atoms with Gasteiger partial charge < -0.3 is 14.6 Å². The molecule has 0 saturated heterocycles. The number of oxazole rings is 1. The highest BCUT2D eigenvalue weighted by Crippen LogP contribution is 2.20. The van der Waals surface area contributed by atoms with Crippen LogP contribution in [-0.2, 0) is 13.1 Å². The van der Waals surface area contributed by atoms with Gasteiger partial charge >= 0.3 is 0 Å². The van der Waals surface area contributed by atoms with Crippen LogP contribution in [0.15, 0.2) is 34.9 Å². The first kappa shape index (κ1) is 13.5. The standard InChI is InChI=1S/C15H18ClN3O/c1-19(9-11-2-4-12(16)5-3-11)15-18-14(10-20-15)8-17-13-6-7-13/h2-5,10,13,17H,6-9H2,1H3. The number of nitrogens with one attached hydrogen (secondary N) is 1. The molecule has 1 N–H and O–H groups in total. The van der Waals surface area contributed by atoms with E-state index in [1.54, 1.807) is 6.26 Å². The zero-order valence-corrected chi connectivity index (χ0v) is 12.2. The van der Waals surface area contributed by atoms with E-state index in [9.17, 15) is 0 Å². The van der Waals surface area contributed by atoms with Crippen LogP contribution in [-0.4, -0.2) is 18.1 Å². The highest BCUT2D eigenvalue weighted by Gasteiger charge is 2.20. The van der Waals surface area contributed by atoms with E-state index in [0.29, 0.717) is 12.1 Å². The molecular formula is C15H18ClN3O. The lowest BCUT2D eigenvalue weighted by Gasteiger charge is -2.14. The van der Waals surface area contributed by atoms with Gasteiger partial charge in [0.2, 0.25) is 0 Å². The number of halogens is 1. The van der Waals surface area contributed by atoms with E-state index < -0.39 is 0 Å². The first-order chi connectivity index (χ1) is 9.70. The highest BCUT2D eigenvalue weighted by atomic mass is 35.5. The first-order valence-corrected chi connectivity index (χ1v) is 7.22. The highest BCUT2D eigenvalue weighted by molar-refractivity contribution is 6.30. The zero-order chi connectivity index (χ0) is 13.9. The zero-order valence-electron chi connectivity index (χ0n) is 11.5. The summed E-state index contributed by atoms with van der Waals surface area (Å²) in [6.45, 7) is 1.52. The molecule has 1 aromatic heterocycles. The van der Waals surface area contributed by atoms with Gasteiger partial charge in [-0.25, -0.2) is 0 Å². The number of aromatic nitrogens is 1. The molecule has 1 aliphatic carbocycles. The second-order valence-corrected chi connectivity index (χ2v) is 5.70. The Kier molecular flexibility index (Phi) is 3.94. The summed E-state index contributed by atoms with van der Waals surface area (Å²) in [6, 6.07) is 9.14. The predicted molar refractivity (Wildman–Crippen MR) is 79.9 cm³/mol. The van der Waals surface area contributed by atoms with Crippen molar-refractivity contribution in [2.24, 2.45) is 0 Å². The lowest BCUT2D eigenvalue weighted by Crippen LogP contribution is -2.18. The Hall–Kier alpha value is -1.52. The summed E-state index contributed by atoms with van der Waals surface area (Å²) in [6.07, 6.45) is 4.28. The van der Waals surface area contributed by atoms with Crippen molar-refractivity contribution < 1.29 is 4.42 Å². The maximum absolute atomic E-state index is 5.88. The molecule has 2 aromatic rings. The van der Waals surface area contributed by atoms with E-state index >= 15 is 0 Å². The molecule has 3 rings (SSSR count). The van der Waals surface area contributed by atoms with Crippen molar-refractivity contribution in [2.75, 3.05) is 11.9 Å². The molecular weight excluding hydrogens is 274 g/mol. The van der Waals surface area contributed by atoms with Crippen molar-refractivity contribution in [3.8, 4) is 0 Å². The van der Waals surface area contributed by atoms with Gasteiger partial charge in [-0.3, -0.25) is 0 Å². The summed E-state index contributed by atoms with van der Waals surface area (Å²) in [4.78, 5) is 6.48. The van der Waals surface area contributed by atoms with Gasteiger partial charge in [-0.2, -0.15) is 4.98 Å². The third-order valence-electron chi connectivity index (χ3n) is 3.35. The molecule has 0 aliphatic heterocycles. The van der Waals surface area contributed by atoms with Crippen molar-refractivity contribution in [1.82, 2.24) is 10.3 Å². The second-order valence-electron chi connectivity index (χ2n) is 5.26.